The molecule has 0 saturated heterocycles. The summed E-state index contributed by atoms with van der Waals surface area (Å²) in [4.78, 5) is 15.9. The first-order chi connectivity index (χ1) is 8.13. The molecule has 0 heterocycles. The highest BCUT2D eigenvalue weighted by atomic mass is 16.5. The van der Waals surface area contributed by atoms with Crippen molar-refractivity contribution >= 4 is 11.8 Å². The molecule has 0 bridgehead atoms. The smallest absolute Gasteiger partial charge is 0.279 e. The number of amides is 1. The second kappa shape index (κ2) is 6.84. The van der Waals surface area contributed by atoms with Gasteiger partial charge in [-0.15, -0.1) is 0 Å². The Kier molecular flexibility index (Phi) is 5.40. The zero-order chi connectivity index (χ0) is 12.7. The lowest BCUT2D eigenvalue weighted by atomic mass is 10.2. The van der Waals surface area contributed by atoms with Crippen LogP contribution in [-0.4, -0.2) is 17.9 Å². The Morgan fingerprint density at radius 3 is 2.47 bits per heavy atom. The number of nitrogens with zero attached hydrogens (tertiary/aromatic N) is 1. The fraction of sp³-hybridized carbons (Fsp3) is 0.429. The van der Waals surface area contributed by atoms with Gasteiger partial charge < -0.3 is 4.74 Å². The van der Waals surface area contributed by atoms with E-state index in [2.05, 4.69) is 4.99 Å². The molecule has 0 spiro atoms. The van der Waals surface area contributed by atoms with Gasteiger partial charge in [0.2, 0.25) is 0 Å². The summed E-state index contributed by atoms with van der Waals surface area (Å²) in [6.07, 6.45) is 1.65. The number of hydrogen-bond acceptors (Lipinski definition) is 2. The van der Waals surface area contributed by atoms with E-state index in [1.54, 1.807) is 12.1 Å². The van der Waals surface area contributed by atoms with Gasteiger partial charge in [0, 0.05) is 12.0 Å². The first-order valence-electron chi connectivity index (χ1n) is 5.97. The lowest BCUT2D eigenvalue weighted by Crippen LogP contribution is -2.13. The van der Waals surface area contributed by atoms with Gasteiger partial charge in [-0.05, 0) is 32.4 Å². The van der Waals surface area contributed by atoms with Crippen molar-refractivity contribution < 1.29 is 9.53 Å². The number of ether oxygens (including phenoxy) is 1. The van der Waals surface area contributed by atoms with Gasteiger partial charge in [-0.25, -0.2) is 0 Å². The molecule has 3 nitrogen and oxygen atoms in total. The highest BCUT2D eigenvalue weighted by Gasteiger charge is 2.08. The van der Waals surface area contributed by atoms with Gasteiger partial charge in [-0.2, -0.15) is 4.99 Å². The van der Waals surface area contributed by atoms with E-state index in [-0.39, 0.29) is 12.0 Å². The second-order valence-corrected chi connectivity index (χ2v) is 4.09. The standard InChI is InChI=1S/C14H19NO2/c1-4-8-13(17-11(2)3)15-14(16)12-9-6-5-7-10-12/h5-7,9-11H,4,8H2,1-3H3. The van der Waals surface area contributed by atoms with E-state index in [1.165, 1.54) is 0 Å². The van der Waals surface area contributed by atoms with Crippen LogP contribution in [0.4, 0.5) is 0 Å². The fourth-order valence-corrected chi connectivity index (χ4v) is 1.39. The van der Waals surface area contributed by atoms with Crippen molar-refractivity contribution in [2.45, 2.75) is 39.7 Å². The van der Waals surface area contributed by atoms with Crippen molar-refractivity contribution in [1.29, 1.82) is 0 Å². The largest absolute Gasteiger partial charge is 0.478 e. The third-order valence-corrected chi connectivity index (χ3v) is 2.08. The molecule has 3 heteroatoms. The number of carbonyl (C=O) groups is 1. The molecule has 17 heavy (non-hydrogen) atoms. The predicted octanol–water partition coefficient (Wildman–Crippen LogP) is 3.45. The van der Waals surface area contributed by atoms with Crippen LogP contribution in [0.2, 0.25) is 0 Å². The summed E-state index contributed by atoms with van der Waals surface area (Å²) < 4.78 is 5.51. The normalized spacial score (nSPS) is 11.6. The van der Waals surface area contributed by atoms with Crippen LogP contribution in [0.3, 0.4) is 0 Å². The summed E-state index contributed by atoms with van der Waals surface area (Å²) in [6, 6.07) is 9.03. The van der Waals surface area contributed by atoms with Crippen LogP contribution in [0.15, 0.2) is 35.3 Å². The molecule has 0 atom stereocenters. The topological polar surface area (TPSA) is 38.7 Å². The molecule has 1 aromatic rings. The molecule has 1 rings (SSSR count). The maximum Gasteiger partial charge on any atom is 0.279 e. The quantitative estimate of drug-likeness (QED) is 0.590. The molecular formula is C14H19NO2. The average molecular weight is 233 g/mol. The Bertz CT molecular complexity index is 382. The van der Waals surface area contributed by atoms with Gasteiger partial charge in [-0.1, -0.05) is 25.1 Å². The van der Waals surface area contributed by atoms with E-state index in [0.29, 0.717) is 17.9 Å². The lowest BCUT2D eigenvalue weighted by Gasteiger charge is -2.11. The molecule has 1 amide bonds. The molecular weight excluding hydrogens is 214 g/mol. The maximum absolute atomic E-state index is 11.8. The van der Waals surface area contributed by atoms with Crippen LogP contribution in [-0.2, 0) is 4.74 Å². The van der Waals surface area contributed by atoms with Gasteiger partial charge in [0.15, 0.2) is 5.90 Å². The molecule has 0 unspecified atom stereocenters. The summed E-state index contributed by atoms with van der Waals surface area (Å²) in [5.41, 5.74) is 0.591. The number of hydrogen-bond donors (Lipinski definition) is 0. The Hall–Kier alpha value is -1.64. The van der Waals surface area contributed by atoms with Crippen molar-refractivity contribution in [3.63, 3.8) is 0 Å². The first-order valence-corrected chi connectivity index (χ1v) is 5.97. The minimum absolute atomic E-state index is 0.0453. The molecule has 0 aliphatic rings. The van der Waals surface area contributed by atoms with Crippen molar-refractivity contribution in [2.24, 2.45) is 4.99 Å². The Balaban J connectivity index is 2.79. The summed E-state index contributed by atoms with van der Waals surface area (Å²) >= 11 is 0. The van der Waals surface area contributed by atoms with E-state index < -0.39 is 0 Å². The van der Waals surface area contributed by atoms with Crippen molar-refractivity contribution in [3.8, 4) is 0 Å². The van der Waals surface area contributed by atoms with E-state index in [0.717, 1.165) is 6.42 Å². The van der Waals surface area contributed by atoms with Crippen LogP contribution in [0.5, 0.6) is 0 Å². The minimum Gasteiger partial charge on any atom is -0.478 e. The van der Waals surface area contributed by atoms with Crippen molar-refractivity contribution in [1.82, 2.24) is 0 Å². The summed E-state index contributed by atoms with van der Waals surface area (Å²) in [5.74, 6) is 0.283. The van der Waals surface area contributed by atoms with Crippen LogP contribution in [0, 0.1) is 0 Å². The summed E-state index contributed by atoms with van der Waals surface area (Å²) in [7, 11) is 0. The van der Waals surface area contributed by atoms with E-state index >= 15 is 0 Å². The SMILES string of the molecule is CCCC(=NC(=O)c1ccccc1)OC(C)C. The minimum atomic E-state index is -0.241. The number of rotatable bonds is 4. The average Bonchev–Trinajstić information content (AvgIpc) is 2.29. The Morgan fingerprint density at radius 1 is 1.29 bits per heavy atom. The molecule has 0 saturated carbocycles. The Labute approximate surface area is 103 Å². The van der Waals surface area contributed by atoms with Gasteiger partial charge >= 0.3 is 0 Å². The molecule has 0 aliphatic heterocycles. The second-order valence-electron chi connectivity index (χ2n) is 4.09. The zero-order valence-corrected chi connectivity index (χ0v) is 10.6. The summed E-state index contributed by atoms with van der Waals surface area (Å²) in [5, 5.41) is 0. The number of carbonyl (C=O) groups excluding carboxylic acids is 1. The molecule has 0 aromatic heterocycles. The van der Waals surface area contributed by atoms with Crippen LogP contribution in [0.25, 0.3) is 0 Å². The first kappa shape index (κ1) is 13.4. The van der Waals surface area contributed by atoms with E-state index in [9.17, 15) is 4.79 Å². The maximum atomic E-state index is 11.8. The molecule has 92 valence electrons. The van der Waals surface area contributed by atoms with Crippen molar-refractivity contribution in [2.75, 3.05) is 0 Å². The van der Waals surface area contributed by atoms with Crippen LogP contribution in [0.1, 0.15) is 44.0 Å². The zero-order valence-electron chi connectivity index (χ0n) is 10.6. The molecule has 1 aromatic carbocycles. The van der Waals surface area contributed by atoms with Crippen molar-refractivity contribution in [3.05, 3.63) is 35.9 Å². The number of aliphatic imine (C=N–C) groups is 1. The van der Waals surface area contributed by atoms with Gasteiger partial charge in [0.05, 0.1) is 6.10 Å². The van der Waals surface area contributed by atoms with Gasteiger partial charge in [0.25, 0.3) is 5.91 Å². The number of benzene rings is 1. The predicted molar refractivity (Wildman–Crippen MR) is 69.3 cm³/mol. The molecule has 0 aliphatic carbocycles. The van der Waals surface area contributed by atoms with Crippen LogP contribution >= 0.6 is 0 Å². The third kappa shape index (κ3) is 4.81. The molecule has 0 radical (unpaired) electrons. The van der Waals surface area contributed by atoms with Crippen LogP contribution < -0.4 is 0 Å². The Morgan fingerprint density at radius 2 is 1.94 bits per heavy atom. The summed E-state index contributed by atoms with van der Waals surface area (Å²) in [6.45, 7) is 5.89. The molecule has 0 fully saturated rings. The highest BCUT2D eigenvalue weighted by molar-refractivity contribution is 6.01. The monoisotopic (exact) mass is 233 g/mol. The van der Waals surface area contributed by atoms with Gasteiger partial charge in [0.1, 0.15) is 0 Å². The lowest BCUT2D eigenvalue weighted by molar-refractivity contribution is 0.0996. The fourth-order valence-electron chi connectivity index (χ4n) is 1.39. The third-order valence-electron chi connectivity index (χ3n) is 2.08. The highest BCUT2D eigenvalue weighted by Crippen LogP contribution is 2.05. The van der Waals surface area contributed by atoms with E-state index in [4.69, 9.17) is 4.74 Å². The molecule has 0 N–H and O–H groups in total. The van der Waals surface area contributed by atoms with Gasteiger partial charge in [-0.3, -0.25) is 4.79 Å². The van der Waals surface area contributed by atoms with E-state index in [1.807, 2.05) is 39.0 Å².